The van der Waals surface area contributed by atoms with Crippen LogP contribution in [0.15, 0.2) is 0 Å². The third-order valence-electron chi connectivity index (χ3n) is 0. The minimum Gasteiger partial charge on any atom is -0.412 e. The molecular formula is CH12N2O8S. The second-order valence-corrected chi connectivity index (χ2v) is 1.75. The Balaban J connectivity index is -0.0000000221. The van der Waals surface area contributed by atoms with E-state index in [2.05, 4.69) is 11.5 Å². The van der Waals surface area contributed by atoms with Crippen LogP contribution in [0.3, 0.4) is 0 Å². The van der Waals surface area contributed by atoms with Gasteiger partial charge in [0.15, 0.2) is 0 Å². The molecule has 0 aromatic rings. The molecule has 0 saturated carbocycles. The first-order valence-electron chi connectivity index (χ1n) is 1.48. The van der Waals surface area contributed by atoms with Crippen molar-refractivity contribution in [1.82, 2.24) is 0 Å². The first-order valence-corrected chi connectivity index (χ1v) is 2.88. The summed E-state index contributed by atoms with van der Waals surface area (Å²) in [6.45, 7) is 0. The van der Waals surface area contributed by atoms with Crippen molar-refractivity contribution in [3.8, 4) is 0 Å². The molecule has 80 valence electrons. The summed E-state index contributed by atoms with van der Waals surface area (Å²) in [5.41, 5.74) is 8.50. The highest BCUT2D eigenvalue weighted by Gasteiger charge is 1.84. The van der Waals surface area contributed by atoms with Gasteiger partial charge < -0.3 is 27.9 Å². The van der Waals surface area contributed by atoms with Crippen molar-refractivity contribution >= 4 is 16.4 Å². The van der Waals surface area contributed by atoms with Gasteiger partial charge in [0.1, 0.15) is 0 Å². The van der Waals surface area contributed by atoms with Crippen LogP contribution in [0, 0.1) is 0 Å². The lowest BCUT2D eigenvalue weighted by Crippen LogP contribution is -2.18. The monoisotopic (exact) mass is 212 g/mol. The van der Waals surface area contributed by atoms with E-state index in [-0.39, 0.29) is 16.4 Å². The highest BCUT2D eigenvalue weighted by atomic mass is 32.3. The van der Waals surface area contributed by atoms with E-state index in [0.717, 1.165) is 0 Å². The molecule has 0 radical (unpaired) electrons. The highest BCUT2D eigenvalue weighted by Crippen LogP contribution is 1.59. The van der Waals surface area contributed by atoms with Gasteiger partial charge in [-0.1, -0.05) is 0 Å². The van der Waals surface area contributed by atoms with Gasteiger partial charge in [0.25, 0.3) is 0 Å². The number of hydrogen-bond acceptors (Lipinski definition) is 3. The van der Waals surface area contributed by atoms with Gasteiger partial charge in [-0.3, -0.25) is 9.11 Å². The molecule has 10 nitrogen and oxygen atoms in total. The molecule has 0 aliphatic rings. The molecule has 0 aliphatic heterocycles. The smallest absolute Gasteiger partial charge is 0.394 e. The van der Waals surface area contributed by atoms with Gasteiger partial charge in [0, 0.05) is 0 Å². The van der Waals surface area contributed by atoms with E-state index in [1.54, 1.807) is 0 Å². The van der Waals surface area contributed by atoms with E-state index < -0.39 is 16.4 Å². The molecule has 0 saturated heterocycles. The van der Waals surface area contributed by atoms with Crippen LogP contribution in [-0.4, -0.2) is 40.0 Å². The van der Waals surface area contributed by atoms with E-state index in [1.165, 1.54) is 0 Å². The summed E-state index contributed by atoms with van der Waals surface area (Å²) in [7, 11) is -4.67. The SMILES string of the molecule is NC(N)=O.O.O.O.O=S(=O)(O)O. The normalized spacial score (nSPS) is 6.83. The number of carbonyl (C=O) groups excluding carboxylic acids is 1. The number of primary amides is 2. The van der Waals surface area contributed by atoms with Crippen LogP contribution in [0.5, 0.6) is 0 Å². The summed E-state index contributed by atoms with van der Waals surface area (Å²) in [4.78, 5) is 9.00. The molecule has 11 heteroatoms. The van der Waals surface area contributed by atoms with Crippen LogP contribution in [0.1, 0.15) is 0 Å². The Morgan fingerprint density at radius 3 is 1.00 bits per heavy atom. The van der Waals surface area contributed by atoms with Gasteiger partial charge in [0.05, 0.1) is 0 Å². The Kier molecular flexibility index (Phi) is 32.2. The fourth-order valence-corrected chi connectivity index (χ4v) is 0. The molecule has 0 fully saturated rings. The third-order valence-corrected chi connectivity index (χ3v) is 0. The zero-order valence-corrected chi connectivity index (χ0v) is 6.50. The minimum atomic E-state index is -4.67. The molecule has 0 rings (SSSR count). The number of amides is 2. The lowest BCUT2D eigenvalue weighted by atomic mass is 11.2. The highest BCUT2D eigenvalue weighted by molar-refractivity contribution is 7.79. The van der Waals surface area contributed by atoms with Crippen molar-refractivity contribution < 1.29 is 38.7 Å². The Morgan fingerprint density at radius 1 is 1.00 bits per heavy atom. The predicted octanol–water partition coefficient (Wildman–Crippen LogP) is -4.10. The van der Waals surface area contributed by atoms with Gasteiger partial charge in [-0.2, -0.15) is 8.42 Å². The van der Waals surface area contributed by atoms with Crippen molar-refractivity contribution in [1.29, 1.82) is 0 Å². The predicted molar refractivity (Wildman–Crippen MR) is 38.8 cm³/mol. The van der Waals surface area contributed by atoms with Crippen LogP contribution in [0.2, 0.25) is 0 Å². The molecule has 0 heterocycles. The van der Waals surface area contributed by atoms with E-state index in [4.69, 9.17) is 22.3 Å². The Morgan fingerprint density at radius 2 is 1.00 bits per heavy atom. The molecule has 0 aliphatic carbocycles. The molecule has 0 aromatic carbocycles. The maximum Gasteiger partial charge on any atom is 0.394 e. The molecule has 0 unspecified atom stereocenters. The maximum absolute atomic E-state index is 9.00. The molecular weight excluding hydrogens is 200 g/mol. The lowest BCUT2D eigenvalue weighted by Gasteiger charge is -1.68. The topological polar surface area (TPSA) is 238 Å². The van der Waals surface area contributed by atoms with Crippen LogP contribution in [0.25, 0.3) is 0 Å². The number of carbonyl (C=O) groups is 1. The standard InChI is InChI=1S/CH4N2O.H2O4S.3H2O/c2-1(3)4;1-5(2,3)4;;;/h(H4,2,3,4);(H2,1,2,3,4);3*1H2. The zero-order chi connectivity index (χ0) is 8.08. The quantitative estimate of drug-likeness (QED) is 0.291. The van der Waals surface area contributed by atoms with Crippen molar-refractivity contribution in [2.45, 2.75) is 0 Å². The molecule has 2 amide bonds. The second kappa shape index (κ2) is 12.7. The Bertz CT molecular complexity index is 159. The van der Waals surface area contributed by atoms with Gasteiger partial charge >= 0.3 is 16.4 Å². The average molecular weight is 212 g/mol. The van der Waals surface area contributed by atoms with Crippen molar-refractivity contribution in [3.63, 3.8) is 0 Å². The first-order chi connectivity index (χ1) is 3.73. The molecule has 12 heavy (non-hydrogen) atoms. The summed E-state index contributed by atoms with van der Waals surface area (Å²) in [5.74, 6) is 0. The van der Waals surface area contributed by atoms with E-state index in [0.29, 0.717) is 0 Å². The number of rotatable bonds is 0. The summed E-state index contributed by atoms with van der Waals surface area (Å²) < 4.78 is 31.6. The van der Waals surface area contributed by atoms with Gasteiger partial charge in [-0.25, -0.2) is 4.79 Å². The molecule has 0 atom stereocenters. The van der Waals surface area contributed by atoms with Gasteiger partial charge in [-0.05, 0) is 0 Å². The largest absolute Gasteiger partial charge is 0.412 e. The maximum atomic E-state index is 9.00. The molecule has 0 aromatic heterocycles. The van der Waals surface area contributed by atoms with Crippen molar-refractivity contribution in [2.75, 3.05) is 0 Å². The van der Waals surface area contributed by atoms with E-state index in [9.17, 15) is 0 Å². The number of urea groups is 1. The zero-order valence-electron chi connectivity index (χ0n) is 5.68. The third kappa shape index (κ3) is 604. The summed E-state index contributed by atoms with van der Waals surface area (Å²) >= 11 is 0. The van der Waals surface area contributed by atoms with E-state index >= 15 is 0 Å². The first kappa shape index (κ1) is 30.5. The second-order valence-electron chi connectivity index (χ2n) is 0.850. The van der Waals surface area contributed by atoms with Crippen molar-refractivity contribution in [3.05, 3.63) is 0 Å². The van der Waals surface area contributed by atoms with Gasteiger partial charge in [0.2, 0.25) is 0 Å². The van der Waals surface area contributed by atoms with Crippen molar-refractivity contribution in [2.24, 2.45) is 11.5 Å². The van der Waals surface area contributed by atoms with Crippen LogP contribution in [-0.2, 0) is 10.4 Å². The molecule has 0 bridgehead atoms. The lowest BCUT2D eigenvalue weighted by molar-refractivity contribution is 0.256. The molecule has 0 spiro atoms. The van der Waals surface area contributed by atoms with Gasteiger partial charge in [-0.15, -0.1) is 0 Å². The summed E-state index contributed by atoms with van der Waals surface area (Å²) in [5, 5.41) is 0. The average Bonchev–Trinajstić information content (AvgIpc) is 1.19. The van der Waals surface area contributed by atoms with Crippen LogP contribution < -0.4 is 11.5 Å². The van der Waals surface area contributed by atoms with Crippen LogP contribution >= 0.6 is 0 Å². The van der Waals surface area contributed by atoms with Crippen LogP contribution in [0.4, 0.5) is 4.79 Å². The summed E-state index contributed by atoms with van der Waals surface area (Å²) in [6, 6.07) is -0.833. The van der Waals surface area contributed by atoms with E-state index in [1.807, 2.05) is 0 Å². The number of hydrogen-bond donors (Lipinski definition) is 4. The Hall–Kier alpha value is -0.980. The fraction of sp³-hybridized carbons (Fsp3) is 0. The fourth-order valence-electron chi connectivity index (χ4n) is 0. The minimum absolute atomic E-state index is 0. The Labute approximate surface area is 67.7 Å². The molecule has 12 N–H and O–H groups in total. The number of nitrogens with two attached hydrogens (primary N) is 2. The summed E-state index contributed by atoms with van der Waals surface area (Å²) in [6.07, 6.45) is 0.